The molecule has 1 amide bonds. The molecule has 0 bridgehead atoms. The number of amides is 1. The monoisotopic (exact) mass is 345 g/mol. The Morgan fingerprint density at radius 2 is 2.00 bits per heavy atom. The Hall–Kier alpha value is -2.28. The van der Waals surface area contributed by atoms with E-state index in [4.69, 9.17) is 0 Å². The van der Waals surface area contributed by atoms with E-state index >= 15 is 0 Å². The normalized spacial score (nSPS) is 20.1. The molecular formula is C17H19N3O3S. The Labute approximate surface area is 144 Å². The molecule has 1 aliphatic rings. The molecule has 6 nitrogen and oxygen atoms in total. The van der Waals surface area contributed by atoms with Crippen molar-refractivity contribution in [3.05, 3.63) is 47.3 Å². The summed E-state index contributed by atoms with van der Waals surface area (Å²) in [4.78, 5) is 24.0. The molecule has 0 spiro atoms. The SMILES string of the molecule is Cc1cc(C)n(-c2ccc(C(=O)NC3(C(=O)O)CCSC3)cc2)n1. The van der Waals surface area contributed by atoms with E-state index in [9.17, 15) is 14.7 Å². The van der Waals surface area contributed by atoms with Gasteiger partial charge in [0.25, 0.3) is 5.91 Å². The maximum atomic E-state index is 12.4. The lowest BCUT2D eigenvalue weighted by Crippen LogP contribution is -2.54. The quantitative estimate of drug-likeness (QED) is 0.887. The van der Waals surface area contributed by atoms with Crippen LogP contribution < -0.4 is 5.32 Å². The number of hydrogen-bond donors (Lipinski definition) is 2. The zero-order valence-electron chi connectivity index (χ0n) is 13.6. The summed E-state index contributed by atoms with van der Waals surface area (Å²) in [7, 11) is 0. The van der Waals surface area contributed by atoms with Gasteiger partial charge in [0.2, 0.25) is 0 Å². The van der Waals surface area contributed by atoms with E-state index in [-0.39, 0.29) is 5.91 Å². The number of aliphatic carboxylic acids is 1. The minimum absolute atomic E-state index is 0.361. The van der Waals surface area contributed by atoms with E-state index in [1.54, 1.807) is 23.9 Å². The van der Waals surface area contributed by atoms with Crippen LogP contribution in [0.5, 0.6) is 0 Å². The maximum Gasteiger partial charge on any atom is 0.330 e. The molecule has 1 saturated heterocycles. The van der Waals surface area contributed by atoms with Crippen molar-refractivity contribution in [3.63, 3.8) is 0 Å². The van der Waals surface area contributed by atoms with Crippen LogP contribution in [0, 0.1) is 13.8 Å². The van der Waals surface area contributed by atoms with E-state index in [2.05, 4.69) is 10.4 Å². The molecule has 1 aromatic heterocycles. The molecule has 1 fully saturated rings. The van der Waals surface area contributed by atoms with Crippen LogP contribution in [0.4, 0.5) is 0 Å². The third kappa shape index (κ3) is 3.03. The predicted molar refractivity (Wildman–Crippen MR) is 92.8 cm³/mol. The van der Waals surface area contributed by atoms with Gasteiger partial charge in [-0.05, 0) is 56.4 Å². The Morgan fingerprint density at radius 3 is 2.50 bits per heavy atom. The highest BCUT2D eigenvalue weighted by molar-refractivity contribution is 7.99. The summed E-state index contributed by atoms with van der Waals surface area (Å²) in [5.41, 5.74) is 2.09. The minimum Gasteiger partial charge on any atom is -0.479 e. The first-order valence-corrected chi connectivity index (χ1v) is 8.84. The second-order valence-electron chi connectivity index (χ2n) is 6.03. The smallest absolute Gasteiger partial charge is 0.330 e. The van der Waals surface area contributed by atoms with Crippen LogP contribution in [0.1, 0.15) is 28.2 Å². The van der Waals surface area contributed by atoms with Gasteiger partial charge in [-0.1, -0.05) is 0 Å². The molecule has 2 aromatic rings. The van der Waals surface area contributed by atoms with Gasteiger partial charge in [-0.15, -0.1) is 0 Å². The average Bonchev–Trinajstić information content (AvgIpc) is 3.15. The molecule has 0 radical (unpaired) electrons. The summed E-state index contributed by atoms with van der Waals surface area (Å²) in [5, 5.41) is 16.6. The number of thioether (sulfide) groups is 1. The summed E-state index contributed by atoms with van der Waals surface area (Å²) in [6.07, 6.45) is 0.447. The first-order chi connectivity index (χ1) is 11.4. The van der Waals surface area contributed by atoms with Gasteiger partial charge in [0.05, 0.1) is 11.4 Å². The number of aryl methyl sites for hydroxylation is 2. The highest BCUT2D eigenvalue weighted by atomic mass is 32.2. The fourth-order valence-electron chi connectivity index (χ4n) is 2.82. The van der Waals surface area contributed by atoms with Gasteiger partial charge in [-0.25, -0.2) is 9.48 Å². The lowest BCUT2D eigenvalue weighted by molar-refractivity contribution is -0.143. The topological polar surface area (TPSA) is 84.2 Å². The molecule has 1 aliphatic heterocycles. The Morgan fingerprint density at radius 1 is 1.29 bits per heavy atom. The number of nitrogens with zero attached hydrogens (tertiary/aromatic N) is 2. The molecule has 1 atom stereocenters. The van der Waals surface area contributed by atoms with Crippen molar-refractivity contribution in [1.82, 2.24) is 15.1 Å². The highest BCUT2D eigenvalue weighted by Gasteiger charge is 2.43. The fourth-order valence-corrected chi connectivity index (χ4v) is 4.15. The number of carboxylic acids is 1. The van der Waals surface area contributed by atoms with Crippen molar-refractivity contribution in [3.8, 4) is 5.69 Å². The van der Waals surface area contributed by atoms with Crippen LogP contribution in [-0.2, 0) is 4.79 Å². The van der Waals surface area contributed by atoms with Crippen molar-refractivity contribution in [2.24, 2.45) is 0 Å². The van der Waals surface area contributed by atoms with E-state index in [0.29, 0.717) is 17.7 Å². The molecule has 1 aromatic carbocycles. The minimum atomic E-state index is -1.16. The number of nitrogens with one attached hydrogen (secondary N) is 1. The zero-order chi connectivity index (χ0) is 17.3. The Bertz CT molecular complexity index is 777. The second kappa shape index (κ2) is 6.32. The molecule has 7 heteroatoms. The zero-order valence-corrected chi connectivity index (χ0v) is 14.4. The van der Waals surface area contributed by atoms with E-state index < -0.39 is 11.5 Å². The average molecular weight is 345 g/mol. The molecule has 126 valence electrons. The number of carbonyl (C=O) groups is 2. The van der Waals surface area contributed by atoms with Gasteiger partial charge in [-0.3, -0.25) is 4.79 Å². The number of aromatic nitrogens is 2. The summed E-state index contributed by atoms with van der Waals surface area (Å²) < 4.78 is 1.81. The van der Waals surface area contributed by atoms with Crippen molar-refractivity contribution in [2.75, 3.05) is 11.5 Å². The van der Waals surface area contributed by atoms with Crippen LogP contribution >= 0.6 is 11.8 Å². The lowest BCUT2D eigenvalue weighted by Gasteiger charge is -2.24. The van der Waals surface area contributed by atoms with Gasteiger partial charge < -0.3 is 10.4 Å². The van der Waals surface area contributed by atoms with E-state index in [1.807, 2.05) is 36.7 Å². The number of hydrogen-bond acceptors (Lipinski definition) is 4. The van der Waals surface area contributed by atoms with Crippen LogP contribution in [0.2, 0.25) is 0 Å². The van der Waals surface area contributed by atoms with Crippen LogP contribution in [0.3, 0.4) is 0 Å². The highest BCUT2D eigenvalue weighted by Crippen LogP contribution is 2.28. The van der Waals surface area contributed by atoms with Crippen molar-refractivity contribution in [2.45, 2.75) is 25.8 Å². The Kier molecular flexibility index (Phi) is 4.36. The molecule has 2 heterocycles. The molecule has 1 unspecified atom stereocenters. The molecule has 24 heavy (non-hydrogen) atoms. The third-order valence-corrected chi connectivity index (χ3v) is 5.36. The van der Waals surface area contributed by atoms with Gasteiger partial charge in [0.15, 0.2) is 0 Å². The predicted octanol–water partition coefficient (Wildman–Crippen LogP) is 2.18. The maximum absolute atomic E-state index is 12.4. The first-order valence-electron chi connectivity index (χ1n) is 7.69. The molecule has 0 aliphatic carbocycles. The van der Waals surface area contributed by atoms with Gasteiger partial charge >= 0.3 is 5.97 Å². The molecule has 0 saturated carbocycles. The third-order valence-electron chi connectivity index (χ3n) is 4.17. The van der Waals surface area contributed by atoms with Crippen molar-refractivity contribution < 1.29 is 14.7 Å². The first kappa shape index (κ1) is 16.6. The van der Waals surface area contributed by atoms with Crippen LogP contribution in [0.15, 0.2) is 30.3 Å². The van der Waals surface area contributed by atoms with Crippen LogP contribution in [0.25, 0.3) is 5.69 Å². The lowest BCUT2D eigenvalue weighted by atomic mass is 9.98. The van der Waals surface area contributed by atoms with Crippen molar-refractivity contribution >= 4 is 23.6 Å². The molecular weight excluding hydrogens is 326 g/mol. The van der Waals surface area contributed by atoms with E-state index in [1.165, 1.54) is 0 Å². The van der Waals surface area contributed by atoms with Crippen LogP contribution in [-0.4, -0.2) is 43.8 Å². The number of carboxylic acid groups (broad SMARTS) is 1. The largest absolute Gasteiger partial charge is 0.479 e. The standard InChI is InChI=1S/C17H19N3O3S/c1-11-9-12(2)20(19-11)14-5-3-13(4-6-14)15(21)18-17(16(22)23)7-8-24-10-17/h3-6,9H,7-8,10H2,1-2H3,(H,18,21)(H,22,23). The number of benzene rings is 1. The summed E-state index contributed by atoms with van der Waals surface area (Å²) in [6.45, 7) is 3.89. The number of carbonyl (C=O) groups excluding carboxylic acids is 1. The van der Waals surface area contributed by atoms with Gasteiger partial charge in [-0.2, -0.15) is 16.9 Å². The summed E-state index contributed by atoms with van der Waals surface area (Å²) >= 11 is 1.54. The van der Waals surface area contributed by atoms with Crippen molar-refractivity contribution in [1.29, 1.82) is 0 Å². The second-order valence-corrected chi connectivity index (χ2v) is 7.13. The van der Waals surface area contributed by atoms with Gasteiger partial charge in [0, 0.05) is 17.0 Å². The number of rotatable bonds is 4. The Balaban J connectivity index is 1.79. The van der Waals surface area contributed by atoms with Gasteiger partial charge in [0.1, 0.15) is 5.54 Å². The molecule has 3 rings (SSSR count). The summed E-state index contributed by atoms with van der Waals surface area (Å²) in [6, 6.07) is 8.99. The molecule has 2 N–H and O–H groups in total. The fraction of sp³-hybridized carbons (Fsp3) is 0.353. The summed E-state index contributed by atoms with van der Waals surface area (Å²) in [5.74, 6) is -0.193. The van der Waals surface area contributed by atoms with E-state index in [0.717, 1.165) is 22.8 Å².